The average Bonchev–Trinajstić information content (AvgIpc) is 2.94. The molecule has 0 saturated carbocycles. The zero-order chi connectivity index (χ0) is 14.3. The lowest BCUT2D eigenvalue weighted by molar-refractivity contribution is -0.125. The SMILES string of the molecule is Cc1ccc(C(=O)N2CCCC3(C2)NC(=O)NC3=O)o1. The Balaban J connectivity index is 1.80. The summed E-state index contributed by atoms with van der Waals surface area (Å²) in [5.41, 5.74) is -0.993. The summed E-state index contributed by atoms with van der Waals surface area (Å²) in [4.78, 5) is 37.1. The van der Waals surface area contributed by atoms with Gasteiger partial charge in [0.1, 0.15) is 11.3 Å². The van der Waals surface area contributed by atoms with Crippen molar-refractivity contribution in [3.8, 4) is 0 Å². The third-order valence-corrected chi connectivity index (χ3v) is 3.75. The standard InChI is InChI=1S/C13H15N3O4/c1-8-3-4-9(20-8)10(17)16-6-2-5-13(7-16)11(18)14-12(19)15-13/h3-4H,2,5-7H2,1H3,(H2,14,15,18,19). The quantitative estimate of drug-likeness (QED) is 0.727. The predicted octanol–water partition coefficient (Wildman–Crippen LogP) is 0.402. The monoisotopic (exact) mass is 277 g/mol. The van der Waals surface area contributed by atoms with Crippen LogP contribution in [0.3, 0.4) is 0 Å². The molecule has 20 heavy (non-hydrogen) atoms. The van der Waals surface area contributed by atoms with Crippen LogP contribution in [0.2, 0.25) is 0 Å². The lowest BCUT2D eigenvalue weighted by atomic mass is 9.89. The Morgan fingerprint density at radius 3 is 2.80 bits per heavy atom. The maximum absolute atomic E-state index is 12.3. The van der Waals surface area contributed by atoms with Crippen LogP contribution in [0.15, 0.2) is 16.5 Å². The van der Waals surface area contributed by atoms with Gasteiger partial charge in [-0.25, -0.2) is 4.79 Å². The molecule has 0 bridgehead atoms. The van der Waals surface area contributed by atoms with E-state index in [1.165, 1.54) is 0 Å². The van der Waals surface area contributed by atoms with E-state index >= 15 is 0 Å². The van der Waals surface area contributed by atoms with E-state index in [0.29, 0.717) is 25.1 Å². The van der Waals surface area contributed by atoms with E-state index in [-0.39, 0.29) is 24.1 Å². The van der Waals surface area contributed by atoms with Crippen molar-refractivity contribution in [2.75, 3.05) is 13.1 Å². The van der Waals surface area contributed by atoms with Gasteiger partial charge in [0.25, 0.3) is 11.8 Å². The molecular weight excluding hydrogens is 262 g/mol. The molecule has 2 fully saturated rings. The van der Waals surface area contributed by atoms with Crippen LogP contribution in [0.4, 0.5) is 4.79 Å². The number of carbonyl (C=O) groups is 3. The topological polar surface area (TPSA) is 91.7 Å². The van der Waals surface area contributed by atoms with Crippen LogP contribution in [0.1, 0.15) is 29.2 Å². The smallest absolute Gasteiger partial charge is 0.322 e. The Kier molecular flexibility index (Phi) is 2.77. The summed E-state index contributed by atoms with van der Waals surface area (Å²) in [5, 5.41) is 4.87. The highest BCUT2D eigenvalue weighted by atomic mass is 16.3. The number of hydrogen-bond donors (Lipinski definition) is 2. The molecule has 1 aromatic heterocycles. The minimum absolute atomic E-state index is 0.170. The minimum atomic E-state index is -0.993. The van der Waals surface area contributed by atoms with E-state index in [9.17, 15) is 14.4 Å². The van der Waals surface area contributed by atoms with Gasteiger partial charge in [-0.3, -0.25) is 14.9 Å². The molecule has 1 aromatic rings. The molecule has 3 rings (SSSR count). The molecule has 106 valence electrons. The number of urea groups is 1. The van der Waals surface area contributed by atoms with Crippen LogP contribution < -0.4 is 10.6 Å². The second kappa shape index (κ2) is 4.36. The molecule has 2 aliphatic heterocycles. The molecule has 1 spiro atoms. The second-order valence-electron chi connectivity index (χ2n) is 5.23. The van der Waals surface area contributed by atoms with Crippen LogP contribution in [-0.2, 0) is 4.79 Å². The number of likely N-dealkylation sites (tertiary alicyclic amines) is 1. The van der Waals surface area contributed by atoms with Gasteiger partial charge in [-0.1, -0.05) is 0 Å². The summed E-state index contributed by atoms with van der Waals surface area (Å²) in [6.07, 6.45) is 1.19. The third-order valence-electron chi connectivity index (χ3n) is 3.75. The van der Waals surface area contributed by atoms with Crippen LogP contribution in [0.5, 0.6) is 0 Å². The first kappa shape index (κ1) is 12.7. The van der Waals surface area contributed by atoms with Gasteiger partial charge < -0.3 is 14.6 Å². The molecule has 7 heteroatoms. The number of hydrogen-bond acceptors (Lipinski definition) is 4. The summed E-state index contributed by atoms with van der Waals surface area (Å²) in [7, 11) is 0. The van der Waals surface area contributed by atoms with Gasteiger partial charge in [0.05, 0.1) is 6.54 Å². The number of nitrogens with one attached hydrogen (secondary N) is 2. The molecule has 4 amide bonds. The molecule has 2 N–H and O–H groups in total. The second-order valence-corrected chi connectivity index (χ2v) is 5.23. The fourth-order valence-electron chi connectivity index (χ4n) is 2.75. The van der Waals surface area contributed by atoms with Crippen LogP contribution in [-0.4, -0.2) is 41.4 Å². The number of imide groups is 1. The largest absolute Gasteiger partial charge is 0.456 e. The molecule has 1 unspecified atom stereocenters. The number of aryl methyl sites for hydroxylation is 1. The van der Waals surface area contributed by atoms with Gasteiger partial charge in [0.15, 0.2) is 5.76 Å². The predicted molar refractivity (Wildman–Crippen MR) is 68.0 cm³/mol. The van der Waals surface area contributed by atoms with Crippen molar-refractivity contribution in [1.82, 2.24) is 15.5 Å². The number of carbonyl (C=O) groups excluding carboxylic acids is 3. The Hall–Kier alpha value is -2.31. The number of amides is 4. The Labute approximate surface area is 115 Å². The highest BCUT2D eigenvalue weighted by Crippen LogP contribution is 2.25. The van der Waals surface area contributed by atoms with Crippen molar-refractivity contribution >= 4 is 17.8 Å². The summed E-state index contributed by atoms with van der Waals surface area (Å²) in [5.74, 6) is 0.290. The Bertz CT molecular complexity index is 594. The van der Waals surface area contributed by atoms with Gasteiger partial charge in [-0.2, -0.15) is 0 Å². The zero-order valence-corrected chi connectivity index (χ0v) is 11.1. The molecule has 0 aromatic carbocycles. The van der Waals surface area contributed by atoms with Crippen LogP contribution >= 0.6 is 0 Å². The van der Waals surface area contributed by atoms with E-state index in [1.807, 2.05) is 0 Å². The number of furan rings is 1. The third kappa shape index (κ3) is 1.95. The molecule has 1 atom stereocenters. The number of nitrogens with zero attached hydrogens (tertiary/aromatic N) is 1. The summed E-state index contributed by atoms with van der Waals surface area (Å²) < 4.78 is 5.32. The van der Waals surface area contributed by atoms with Crippen molar-refractivity contribution in [1.29, 1.82) is 0 Å². The average molecular weight is 277 g/mol. The highest BCUT2D eigenvalue weighted by molar-refractivity contribution is 6.07. The fraction of sp³-hybridized carbons (Fsp3) is 0.462. The molecule has 0 radical (unpaired) electrons. The first-order valence-electron chi connectivity index (χ1n) is 6.49. The van der Waals surface area contributed by atoms with Crippen LogP contribution in [0.25, 0.3) is 0 Å². The van der Waals surface area contributed by atoms with Crippen LogP contribution in [0, 0.1) is 6.92 Å². The van der Waals surface area contributed by atoms with Gasteiger partial charge in [-0.05, 0) is 31.9 Å². The van der Waals surface area contributed by atoms with Gasteiger partial charge in [0.2, 0.25) is 0 Å². The number of rotatable bonds is 1. The summed E-state index contributed by atoms with van der Waals surface area (Å²) >= 11 is 0. The van der Waals surface area contributed by atoms with Gasteiger partial charge in [0, 0.05) is 6.54 Å². The summed E-state index contributed by atoms with van der Waals surface area (Å²) in [6, 6.07) is 2.83. The van der Waals surface area contributed by atoms with E-state index in [4.69, 9.17) is 4.42 Å². The Morgan fingerprint density at radius 2 is 2.20 bits per heavy atom. The normalized spacial score (nSPS) is 25.8. The van der Waals surface area contributed by atoms with E-state index < -0.39 is 11.6 Å². The first-order valence-corrected chi connectivity index (χ1v) is 6.49. The maximum atomic E-state index is 12.3. The van der Waals surface area contributed by atoms with E-state index in [0.717, 1.165) is 0 Å². The minimum Gasteiger partial charge on any atom is -0.456 e. The van der Waals surface area contributed by atoms with Crippen molar-refractivity contribution in [3.05, 3.63) is 23.7 Å². The molecule has 2 saturated heterocycles. The molecule has 0 aliphatic carbocycles. The molecule has 7 nitrogen and oxygen atoms in total. The maximum Gasteiger partial charge on any atom is 0.322 e. The van der Waals surface area contributed by atoms with Gasteiger partial charge >= 0.3 is 6.03 Å². The number of piperidine rings is 1. The molecule has 3 heterocycles. The lowest BCUT2D eigenvalue weighted by Gasteiger charge is -2.37. The van der Waals surface area contributed by atoms with Crippen molar-refractivity contribution < 1.29 is 18.8 Å². The van der Waals surface area contributed by atoms with Crippen molar-refractivity contribution in [2.24, 2.45) is 0 Å². The first-order chi connectivity index (χ1) is 9.50. The molecular formula is C13H15N3O4. The van der Waals surface area contributed by atoms with Crippen molar-refractivity contribution in [3.63, 3.8) is 0 Å². The van der Waals surface area contributed by atoms with E-state index in [1.54, 1.807) is 24.0 Å². The van der Waals surface area contributed by atoms with Gasteiger partial charge in [-0.15, -0.1) is 0 Å². The fourth-order valence-corrected chi connectivity index (χ4v) is 2.75. The van der Waals surface area contributed by atoms with Crippen molar-refractivity contribution in [2.45, 2.75) is 25.3 Å². The highest BCUT2D eigenvalue weighted by Gasteiger charge is 2.49. The zero-order valence-electron chi connectivity index (χ0n) is 11.1. The van der Waals surface area contributed by atoms with E-state index in [2.05, 4.69) is 10.6 Å². The lowest BCUT2D eigenvalue weighted by Crippen LogP contribution is -2.59. The summed E-state index contributed by atoms with van der Waals surface area (Å²) in [6.45, 7) is 2.48. The molecule has 2 aliphatic rings. The Morgan fingerprint density at radius 1 is 1.40 bits per heavy atom.